The maximum absolute atomic E-state index is 13.2. The normalized spacial score (nSPS) is 18.0. The Balaban J connectivity index is 0.997. The molecule has 3 aromatic rings. The summed E-state index contributed by atoms with van der Waals surface area (Å²) >= 11 is 6.01. The van der Waals surface area contributed by atoms with Crippen LogP contribution in [0.5, 0.6) is 0 Å². The number of hydrogen-bond acceptors (Lipinski definition) is 9. The summed E-state index contributed by atoms with van der Waals surface area (Å²) in [6.07, 6.45) is 0.997. The number of likely N-dealkylation sites (tertiary alicyclic amines) is 1. The van der Waals surface area contributed by atoms with E-state index in [-0.39, 0.29) is 23.6 Å². The van der Waals surface area contributed by atoms with Gasteiger partial charge in [-0.15, -0.1) is 0 Å². The first-order chi connectivity index (χ1) is 21.1. The molecule has 0 aliphatic carbocycles. The SMILES string of the molecule is O=C(OCN1C=C2C(=O)N(C3CCN(C(=O)[C@H](O)CS(=O)(=O)c4ccc5cc(Cl)ccc5c4)CC3)CN2C1)c1ccccc1. The molecule has 3 aromatic carbocycles. The number of carbonyl (C=O) groups is 3. The lowest BCUT2D eigenvalue weighted by molar-refractivity contribution is -0.141. The number of rotatable bonds is 8. The summed E-state index contributed by atoms with van der Waals surface area (Å²) in [5.74, 6) is -1.94. The van der Waals surface area contributed by atoms with Gasteiger partial charge in [0.05, 0.1) is 29.5 Å². The van der Waals surface area contributed by atoms with E-state index in [1.165, 1.54) is 17.0 Å². The number of esters is 1. The fourth-order valence-electron chi connectivity index (χ4n) is 5.83. The molecule has 0 unspecified atom stereocenters. The number of sulfone groups is 1. The van der Waals surface area contributed by atoms with Gasteiger partial charge in [-0.2, -0.15) is 0 Å². The average Bonchev–Trinajstić information content (AvgIpc) is 3.57. The third-order valence-corrected chi connectivity index (χ3v) is 10.1. The highest BCUT2D eigenvalue weighted by Gasteiger charge is 2.42. The highest BCUT2D eigenvalue weighted by molar-refractivity contribution is 7.91. The van der Waals surface area contributed by atoms with Crippen LogP contribution in [-0.2, 0) is 24.2 Å². The number of aliphatic hydroxyl groups is 1. The summed E-state index contributed by atoms with van der Waals surface area (Å²) in [6, 6.07) is 18.3. The monoisotopic (exact) mass is 638 g/mol. The van der Waals surface area contributed by atoms with Crippen LogP contribution in [0.1, 0.15) is 23.2 Å². The number of piperidine rings is 1. The lowest BCUT2D eigenvalue weighted by Crippen LogP contribution is -2.51. The minimum Gasteiger partial charge on any atom is -0.441 e. The third-order valence-electron chi connectivity index (χ3n) is 8.18. The quantitative estimate of drug-likeness (QED) is 0.371. The first-order valence-electron chi connectivity index (χ1n) is 14.2. The fraction of sp³-hybridized carbons (Fsp3) is 0.323. The van der Waals surface area contributed by atoms with E-state index in [4.69, 9.17) is 16.3 Å². The van der Waals surface area contributed by atoms with Gasteiger partial charge in [-0.3, -0.25) is 9.59 Å². The Bertz CT molecular complexity index is 1740. The molecular weight excluding hydrogens is 608 g/mol. The van der Waals surface area contributed by atoms with Crippen LogP contribution in [0.15, 0.2) is 83.5 Å². The van der Waals surface area contributed by atoms with Crippen molar-refractivity contribution >= 4 is 50.0 Å². The number of amides is 2. The average molecular weight is 639 g/mol. The van der Waals surface area contributed by atoms with Crippen molar-refractivity contribution in [2.24, 2.45) is 0 Å². The zero-order chi connectivity index (χ0) is 31.0. The fourth-order valence-corrected chi connectivity index (χ4v) is 7.34. The second-order valence-electron chi connectivity index (χ2n) is 11.1. The lowest BCUT2D eigenvalue weighted by atomic mass is 10.0. The molecular formula is C31H31ClN4O7S. The summed E-state index contributed by atoms with van der Waals surface area (Å²) in [5, 5.41) is 12.6. The molecule has 2 fully saturated rings. The first kappa shape index (κ1) is 29.9. The van der Waals surface area contributed by atoms with Gasteiger partial charge in [-0.25, -0.2) is 13.2 Å². The van der Waals surface area contributed by atoms with E-state index in [1.54, 1.807) is 64.5 Å². The van der Waals surface area contributed by atoms with Gasteiger partial charge in [-0.1, -0.05) is 41.9 Å². The van der Waals surface area contributed by atoms with Crippen molar-refractivity contribution < 1.29 is 32.6 Å². The maximum atomic E-state index is 13.2. The van der Waals surface area contributed by atoms with E-state index in [1.807, 2.05) is 11.0 Å². The zero-order valence-electron chi connectivity index (χ0n) is 23.7. The van der Waals surface area contributed by atoms with Crippen LogP contribution in [0, 0.1) is 0 Å². The molecule has 0 bridgehead atoms. The van der Waals surface area contributed by atoms with Crippen molar-refractivity contribution in [2.45, 2.75) is 29.9 Å². The summed E-state index contributed by atoms with van der Waals surface area (Å²) in [7, 11) is -3.94. The van der Waals surface area contributed by atoms with Gasteiger partial charge in [0, 0.05) is 30.4 Å². The van der Waals surface area contributed by atoms with Crippen LogP contribution in [0.3, 0.4) is 0 Å². The molecule has 230 valence electrons. The highest BCUT2D eigenvalue weighted by atomic mass is 35.5. The number of nitrogens with zero attached hydrogens (tertiary/aromatic N) is 4. The van der Waals surface area contributed by atoms with Gasteiger partial charge in [0.2, 0.25) is 0 Å². The van der Waals surface area contributed by atoms with Crippen molar-refractivity contribution in [3.63, 3.8) is 0 Å². The van der Waals surface area contributed by atoms with Crippen LogP contribution < -0.4 is 0 Å². The zero-order valence-corrected chi connectivity index (χ0v) is 25.3. The Hall–Kier alpha value is -4.13. The molecule has 1 atom stereocenters. The number of hydrogen-bond donors (Lipinski definition) is 1. The molecule has 3 aliphatic heterocycles. The summed E-state index contributed by atoms with van der Waals surface area (Å²) in [6.45, 7) is 1.40. The van der Waals surface area contributed by atoms with Crippen molar-refractivity contribution in [1.29, 1.82) is 0 Å². The number of fused-ring (bicyclic) bond motifs is 2. The molecule has 0 aromatic heterocycles. The molecule has 2 amide bonds. The van der Waals surface area contributed by atoms with E-state index >= 15 is 0 Å². The van der Waals surface area contributed by atoms with Crippen LogP contribution >= 0.6 is 11.6 Å². The smallest absolute Gasteiger partial charge is 0.339 e. The van der Waals surface area contributed by atoms with E-state index in [0.29, 0.717) is 60.9 Å². The molecule has 3 heterocycles. The Morgan fingerprint density at radius 2 is 1.68 bits per heavy atom. The molecule has 6 rings (SSSR count). The van der Waals surface area contributed by atoms with Crippen molar-refractivity contribution in [1.82, 2.24) is 19.6 Å². The van der Waals surface area contributed by atoms with Crippen molar-refractivity contribution in [3.8, 4) is 0 Å². The highest BCUT2D eigenvalue weighted by Crippen LogP contribution is 2.30. The van der Waals surface area contributed by atoms with E-state index in [9.17, 15) is 27.9 Å². The van der Waals surface area contributed by atoms with E-state index < -0.39 is 33.6 Å². The topological polar surface area (TPSA) is 128 Å². The van der Waals surface area contributed by atoms with E-state index in [0.717, 1.165) is 5.39 Å². The Labute approximate surface area is 259 Å². The summed E-state index contributed by atoms with van der Waals surface area (Å²) < 4.78 is 31.4. The molecule has 11 nitrogen and oxygen atoms in total. The van der Waals surface area contributed by atoms with Gasteiger partial charge in [0.1, 0.15) is 11.8 Å². The molecule has 0 saturated carbocycles. The molecule has 13 heteroatoms. The third kappa shape index (κ3) is 6.10. The van der Waals surface area contributed by atoms with Gasteiger partial charge in [0.25, 0.3) is 11.8 Å². The first-order valence-corrected chi connectivity index (χ1v) is 16.2. The predicted octanol–water partition coefficient (Wildman–Crippen LogP) is 2.65. The van der Waals surface area contributed by atoms with Crippen LogP contribution in [0.2, 0.25) is 5.02 Å². The Kier molecular flexibility index (Phi) is 8.23. The number of halogens is 1. The van der Waals surface area contributed by atoms with E-state index in [2.05, 4.69) is 0 Å². The predicted molar refractivity (Wildman–Crippen MR) is 162 cm³/mol. The standard InChI is InChI=1S/C31H31ClN4O7S/c32-24-8-6-23-15-26(9-7-22(23)14-24)44(41,42)17-28(37)30(39)34-12-10-25(11-13-34)36-19-35-18-33(16-27(35)29(36)38)20-43-31(40)21-4-2-1-3-5-21/h1-9,14-16,25,28,37H,10-13,17-20H2/t28-/m1/s1. The molecule has 44 heavy (non-hydrogen) atoms. The molecule has 1 N–H and O–H groups in total. The minimum absolute atomic E-state index is 0.0215. The number of benzene rings is 3. The maximum Gasteiger partial charge on any atom is 0.339 e. The van der Waals surface area contributed by atoms with Crippen LogP contribution in [0.4, 0.5) is 0 Å². The lowest BCUT2D eigenvalue weighted by Gasteiger charge is -2.37. The number of carbonyl (C=O) groups excluding carboxylic acids is 3. The molecule has 0 radical (unpaired) electrons. The van der Waals surface area contributed by atoms with Crippen LogP contribution in [0.25, 0.3) is 10.8 Å². The largest absolute Gasteiger partial charge is 0.441 e. The molecule has 3 aliphatic rings. The van der Waals surface area contributed by atoms with Gasteiger partial charge < -0.3 is 29.4 Å². The second kappa shape index (κ2) is 12.1. The number of aliphatic hydroxyl groups excluding tert-OH is 1. The molecule has 0 spiro atoms. The van der Waals surface area contributed by atoms with Gasteiger partial charge in [-0.05, 0) is 60.0 Å². The Morgan fingerprint density at radius 1 is 0.977 bits per heavy atom. The Morgan fingerprint density at radius 3 is 2.41 bits per heavy atom. The van der Waals surface area contributed by atoms with Gasteiger partial charge in [0.15, 0.2) is 16.6 Å². The van der Waals surface area contributed by atoms with Crippen molar-refractivity contribution in [3.05, 3.63) is 89.2 Å². The summed E-state index contributed by atoms with van der Waals surface area (Å²) in [5.41, 5.74) is 0.980. The number of ether oxygens (including phenoxy) is 1. The second-order valence-corrected chi connectivity index (χ2v) is 13.6. The minimum atomic E-state index is -3.94. The van der Waals surface area contributed by atoms with Crippen molar-refractivity contribution in [2.75, 3.05) is 38.9 Å². The van der Waals surface area contributed by atoms with Crippen LogP contribution in [-0.4, -0.2) is 102 Å². The summed E-state index contributed by atoms with van der Waals surface area (Å²) in [4.78, 5) is 45.4. The van der Waals surface area contributed by atoms with Gasteiger partial charge >= 0.3 is 5.97 Å². The molecule has 2 saturated heterocycles.